The van der Waals surface area contributed by atoms with Gasteiger partial charge in [-0.3, -0.25) is 4.79 Å². The summed E-state index contributed by atoms with van der Waals surface area (Å²) in [6.45, 7) is 3.75. The summed E-state index contributed by atoms with van der Waals surface area (Å²) in [6, 6.07) is 18.5. The molecule has 8 heteroatoms. The van der Waals surface area contributed by atoms with Crippen LogP contribution in [0.4, 0.5) is 6.01 Å². The van der Waals surface area contributed by atoms with Crippen LogP contribution in [-0.4, -0.2) is 51.1 Å². The molecule has 35 heavy (non-hydrogen) atoms. The van der Waals surface area contributed by atoms with Crippen molar-refractivity contribution in [3.63, 3.8) is 0 Å². The number of aromatic nitrogens is 3. The summed E-state index contributed by atoms with van der Waals surface area (Å²) in [4.78, 5) is 26.5. The molecule has 2 aliphatic rings. The van der Waals surface area contributed by atoms with Crippen LogP contribution in [-0.2, 0) is 0 Å². The van der Waals surface area contributed by atoms with E-state index in [1.807, 2.05) is 54.6 Å². The minimum absolute atomic E-state index is 0.103. The largest absolute Gasteiger partial charge is 0.444 e. The number of piperidine rings is 1. The molecule has 2 fully saturated rings. The molecule has 1 saturated heterocycles. The van der Waals surface area contributed by atoms with Gasteiger partial charge in [-0.25, -0.2) is 4.98 Å². The zero-order valence-corrected chi connectivity index (χ0v) is 19.6. The van der Waals surface area contributed by atoms with Gasteiger partial charge >= 0.3 is 6.01 Å². The van der Waals surface area contributed by atoms with Gasteiger partial charge in [-0.2, -0.15) is 4.98 Å². The third kappa shape index (κ3) is 4.32. The molecule has 2 unspecified atom stereocenters. The Morgan fingerprint density at radius 1 is 1.03 bits per heavy atom. The molecule has 1 amide bonds. The monoisotopic (exact) mass is 469 g/mol. The standard InChI is InChI=1S/C27H27N5O3/c1-18-16-31(27-29-25(30-35-27)20-5-3-2-4-6-20)14-13-23(18)32(22-11-12-22)26(33)21-9-7-19(8-10-21)24-15-28-17-34-24/h2-10,15,17-18,22-23H,11-14,16H2,1H3. The number of nitrogens with zero attached hydrogens (tertiary/aromatic N) is 5. The smallest absolute Gasteiger partial charge is 0.324 e. The highest BCUT2D eigenvalue weighted by Gasteiger charge is 2.42. The summed E-state index contributed by atoms with van der Waals surface area (Å²) in [5.41, 5.74) is 2.55. The summed E-state index contributed by atoms with van der Waals surface area (Å²) in [6.07, 6.45) is 6.09. The molecule has 1 saturated carbocycles. The average molecular weight is 470 g/mol. The van der Waals surface area contributed by atoms with Gasteiger partial charge in [-0.05, 0) is 37.3 Å². The van der Waals surface area contributed by atoms with E-state index in [0.29, 0.717) is 29.2 Å². The van der Waals surface area contributed by atoms with Crippen LogP contribution in [0.25, 0.3) is 22.7 Å². The lowest BCUT2D eigenvalue weighted by molar-refractivity contribution is 0.0560. The van der Waals surface area contributed by atoms with Gasteiger partial charge in [0.2, 0.25) is 5.82 Å². The molecule has 0 bridgehead atoms. The van der Waals surface area contributed by atoms with Crippen molar-refractivity contribution in [2.45, 2.75) is 38.3 Å². The van der Waals surface area contributed by atoms with Crippen molar-refractivity contribution in [1.29, 1.82) is 0 Å². The number of rotatable bonds is 6. The lowest BCUT2D eigenvalue weighted by atomic mass is 9.91. The molecule has 0 spiro atoms. The highest BCUT2D eigenvalue weighted by molar-refractivity contribution is 5.95. The van der Waals surface area contributed by atoms with Gasteiger partial charge in [-0.1, -0.05) is 54.5 Å². The summed E-state index contributed by atoms with van der Waals surface area (Å²) >= 11 is 0. The molecule has 178 valence electrons. The molecular formula is C27H27N5O3. The Labute approximate surface area is 203 Å². The number of carbonyl (C=O) groups excluding carboxylic acids is 1. The number of carbonyl (C=O) groups is 1. The van der Waals surface area contributed by atoms with E-state index >= 15 is 0 Å². The molecule has 2 atom stereocenters. The van der Waals surface area contributed by atoms with Crippen LogP contribution in [0.5, 0.6) is 0 Å². The first-order chi connectivity index (χ1) is 17.2. The van der Waals surface area contributed by atoms with Crippen molar-refractivity contribution in [3.05, 3.63) is 72.8 Å². The van der Waals surface area contributed by atoms with Crippen molar-refractivity contribution < 1.29 is 13.7 Å². The van der Waals surface area contributed by atoms with Gasteiger partial charge in [0, 0.05) is 41.9 Å². The predicted octanol–water partition coefficient (Wildman–Crippen LogP) is 4.91. The van der Waals surface area contributed by atoms with E-state index in [9.17, 15) is 4.79 Å². The van der Waals surface area contributed by atoms with Gasteiger partial charge in [0.05, 0.1) is 6.20 Å². The van der Waals surface area contributed by atoms with Crippen molar-refractivity contribution in [3.8, 4) is 22.7 Å². The van der Waals surface area contributed by atoms with Crippen LogP contribution in [0.1, 0.15) is 36.5 Å². The summed E-state index contributed by atoms with van der Waals surface area (Å²) < 4.78 is 11.0. The van der Waals surface area contributed by atoms with Crippen LogP contribution in [0, 0.1) is 5.92 Å². The van der Waals surface area contributed by atoms with Gasteiger partial charge < -0.3 is 18.7 Å². The quantitative estimate of drug-likeness (QED) is 0.396. The molecule has 4 aromatic rings. The Morgan fingerprint density at radius 2 is 1.83 bits per heavy atom. The average Bonchev–Trinajstić information content (AvgIpc) is 3.36. The van der Waals surface area contributed by atoms with Crippen molar-refractivity contribution >= 4 is 11.9 Å². The number of benzene rings is 2. The van der Waals surface area contributed by atoms with Crippen LogP contribution in [0.2, 0.25) is 0 Å². The lowest BCUT2D eigenvalue weighted by Gasteiger charge is -2.42. The maximum absolute atomic E-state index is 13.6. The fourth-order valence-corrected chi connectivity index (χ4v) is 4.99. The molecule has 8 nitrogen and oxygen atoms in total. The van der Waals surface area contributed by atoms with Gasteiger partial charge in [0.25, 0.3) is 5.91 Å². The highest BCUT2D eigenvalue weighted by Crippen LogP contribution is 2.36. The third-order valence-electron chi connectivity index (χ3n) is 6.96. The Morgan fingerprint density at radius 3 is 2.51 bits per heavy atom. The van der Waals surface area contributed by atoms with Crippen molar-refractivity contribution in [1.82, 2.24) is 20.0 Å². The Hall–Kier alpha value is -3.94. The number of oxazole rings is 1. The topological polar surface area (TPSA) is 88.5 Å². The molecule has 3 heterocycles. The fourth-order valence-electron chi connectivity index (χ4n) is 4.99. The number of anilines is 1. The molecule has 2 aromatic carbocycles. The van der Waals surface area contributed by atoms with Crippen LogP contribution < -0.4 is 4.90 Å². The van der Waals surface area contributed by atoms with Gasteiger partial charge in [0.1, 0.15) is 0 Å². The van der Waals surface area contributed by atoms with E-state index in [-0.39, 0.29) is 17.9 Å². The molecule has 6 rings (SSSR count). The summed E-state index contributed by atoms with van der Waals surface area (Å²) in [5.74, 6) is 1.67. The fraction of sp³-hybridized carbons (Fsp3) is 0.333. The first kappa shape index (κ1) is 21.6. The normalized spacial score (nSPS) is 20.1. The number of hydrogen-bond acceptors (Lipinski definition) is 7. The molecule has 1 aliphatic carbocycles. The van der Waals surface area contributed by atoms with E-state index in [1.165, 1.54) is 6.39 Å². The maximum Gasteiger partial charge on any atom is 0.324 e. The van der Waals surface area contributed by atoms with Crippen molar-refractivity contribution in [2.75, 3.05) is 18.0 Å². The zero-order chi connectivity index (χ0) is 23.8. The number of hydrogen-bond donors (Lipinski definition) is 0. The van der Waals surface area contributed by atoms with E-state index in [1.54, 1.807) is 6.20 Å². The van der Waals surface area contributed by atoms with E-state index in [2.05, 4.69) is 31.8 Å². The Bertz CT molecular complexity index is 1280. The third-order valence-corrected chi connectivity index (χ3v) is 6.96. The molecule has 2 aromatic heterocycles. The lowest BCUT2D eigenvalue weighted by Crippen LogP contribution is -2.53. The molecule has 0 radical (unpaired) electrons. The SMILES string of the molecule is CC1CN(c2nc(-c3ccccc3)no2)CCC1N(C(=O)c1ccc(-c2cnco2)cc1)C1CC1. The van der Waals surface area contributed by atoms with E-state index in [4.69, 9.17) is 8.94 Å². The first-order valence-corrected chi connectivity index (χ1v) is 12.1. The van der Waals surface area contributed by atoms with Crippen LogP contribution in [0.15, 0.2) is 76.1 Å². The van der Waals surface area contributed by atoms with E-state index in [0.717, 1.165) is 43.5 Å². The van der Waals surface area contributed by atoms with Crippen LogP contribution >= 0.6 is 0 Å². The van der Waals surface area contributed by atoms with Gasteiger partial charge in [0.15, 0.2) is 12.2 Å². The first-order valence-electron chi connectivity index (χ1n) is 12.1. The maximum atomic E-state index is 13.6. The number of amides is 1. The molecular weight excluding hydrogens is 442 g/mol. The minimum atomic E-state index is 0.103. The second-order valence-electron chi connectivity index (χ2n) is 9.43. The summed E-state index contributed by atoms with van der Waals surface area (Å²) in [5, 5.41) is 4.17. The second kappa shape index (κ2) is 9.02. The molecule has 0 N–H and O–H groups in total. The Kier molecular flexibility index (Phi) is 5.56. The Balaban J connectivity index is 1.16. The zero-order valence-electron chi connectivity index (χ0n) is 19.6. The second-order valence-corrected chi connectivity index (χ2v) is 9.43. The highest BCUT2D eigenvalue weighted by atomic mass is 16.5. The summed E-state index contributed by atoms with van der Waals surface area (Å²) in [7, 11) is 0. The predicted molar refractivity (Wildman–Crippen MR) is 131 cm³/mol. The van der Waals surface area contributed by atoms with E-state index < -0.39 is 0 Å². The van der Waals surface area contributed by atoms with Crippen molar-refractivity contribution in [2.24, 2.45) is 5.92 Å². The minimum Gasteiger partial charge on any atom is -0.444 e. The van der Waals surface area contributed by atoms with Crippen LogP contribution in [0.3, 0.4) is 0 Å². The molecule has 1 aliphatic heterocycles. The van der Waals surface area contributed by atoms with Gasteiger partial charge in [-0.15, -0.1) is 0 Å².